The largest absolute Gasteiger partial charge is 0.339 e. The summed E-state index contributed by atoms with van der Waals surface area (Å²) in [7, 11) is 0. The molecule has 0 fully saturated rings. The molecule has 0 aliphatic heterocycles. The van der Waals surface area contributed by atoms with Crippen LogP contribution in [0.5, 0.6) is 0 Å². The van der Waals surface area contributed by atoms with Gasteiger partial charge in [-0.2, -0.15) is 4.98 Å². The van der Waals surface area contributed by atoms with E-state index >= 15 is 0 Å². The van der Waals surface area contributed by atoms with Gasteiger partial charge in [-0.25, -0.2) is 0 Å². The fourth-order valence-corrected chi connectivity index (χ4v) is 1.43. The summed E-state index contributed by atoms with van der Waals surface area (Å²) in [4.78, 5) is 4.18. The highest BCUT2D eigenvalue weighted by Crippen LogP contribution is 2.20. The third kappa shape index (κ3) is 2.06. The average Bonchev–Trinajstić information content (AvgIpc) is 2.65. The Balaban J connectivity index is 2.31. The van der Waals surface area contributed by atoms with Crippen molar-refractivity contribution in [2.45, 2.75) is 26.7 Å². The Morgan fingerprint density at radius 3 is 2.27 bits per heavy atom. The molecule has 0 saturated carbocycles. The Morgan fingerprint density at radius 2 is 1.80 bits per heavy atom. The zero-order chi connectivity index (χ0) is 10.8. The Morgan fingerprint density at radius 1 is 1.13 bits per heavy atom. The molecule has 0 N–H and O–H groups in total. The van der Waals surface area contributed by atoms with Crippen LogP contribution in [0.3, 0.4) is 0 Å². The molecular formula is C12H14N2O. The lowest BCUT2D eigenvalue weighted by Crippen LogP contribution is -1.87. The van der Waals surface area contributed by atoms with Gasteiger partial charge in [0.2, 0.25) is 11.7 Å². The van der Waals surface area contributed by atoms with Crippen molar-refractivity contribution in [3.63, 3.8) is 0 Å². The Labute approximate surface area is 89.1 Å². The van der Waals surface area contributed by atoms with E-state index in [4.69, 9.17) is 4.52 Å². The van der Waals surface area contributed by atoms with Crippen molar-refractivity contribution in [2.24, 2.45) is 0 Å². The Kier molecular flexibility index (Phi) is 2.54. The fraction of sp³-hybridized carbons (Fsp3) is 0.333. The van der Waals surface area contributed by atoms with Crippen LogP contribution in [0, 0.1) is 6.92 Å². The van der Waals surface area contributed by atoms with E-state index in [1.54, 1.807) is 6.92 Å². The average molecular weight is 202 g/mol. The lowest BCUT2D eigenvalue weighted by molar-refractivity contribution is 0.394. The van der Waals surface area contributed by atoms with E-state index in [1.165, 1.54) is 5.56 Å². The SMILES string of the molecule is Cc1nc(-c2ccc(C(C)C)cc2)no1. The molecule has 2 rings (SSSR count). The normalized spacial score (nSPS) is 10.9. The minimum Gasteiger partial charge on any atom is -0.339 e. The summed E-state index contributed by atoms with van der Waals surface area (Å²) < 4.78 is 4.94. The first-order chi connectivity index (χ1) is 7.16. The van der Waals surface area contributed by atoms with Gasteiger partial charge in [-0.15, -0.1) is 0 Å². The van der Waals surface area contributed by atoms with Crippen molar-refractivity contribution < 1.29 is 4.52 Å². The number of benzene rings is 1. The van der Waals surface area contributed by atoms with Crippen LogP contribution in [0.25, 0.3) is 11.4 Å². The van der Waals surface area contributed by atoms with Crippen molar-refractivity contribution >= 4 is 0 Å². The van der Waals surface area contributed by atoms with E-state index in [0.29, 0.717) is 17.6 Å². The molecule has 0 amide bonds. The van der Waals surface area contributed by atoms with Crippen LogP contribution in [0.15, 0.2) is 28.8 Å². The zero-order valence-corrected chi connectivity index (χ0v) is 9.19. The molecule has 3 heteroatoms. The summed E-state index contributed by atoms with van der Waals surface area (Å²) >= 11 is 0. The molecular weight excluding hydrogens is 188 g/mol. The van der Waals surface area contributed by atoms with Crippen LogP contribution in [-0.2, 0) is 0 Å². The van der Waals surface area contributed by atoms with Crippen LogP contribution < -0.4 is 0 Å². The number of aromatic nitrogens is 2. The highest BCUT2D eigenvalue weighted by molar-refractivity contribution is 5.54. The van der Waals surface area contributed by atoms with Gasteiger partial charge in [0.05, 0.1) is 0 Å². The molecule has 2 aromatic rings. The van der Waals surface area contributed by atoms with Gasteiger partial charge in [-0.1, -0.05) is 43.3 Å². The minimum absolute atomic E-state index is 0.547. The standard InChI is InChI=1S/C12H14N2O/c1-8(2)10-4-6-11(7-5-10)12-13-9(3)15-14-12/h4-8H,1-3H3. The fourth-order valence-electron chi connectivity index (χ4n) is 1.43. The van der Waals surface area contributed by atoms with Crippen LogP contribution >= 0.6 is 0 Å². The molecule has 0 unspecified atom stereocenters. The van der Waals surface area contributed by atoms with Crippen LogP contribution in [-0.4, -0.2) is 10.1 Å². The zero-order valence-electron chi connectivity index (χ0n) is 9.19. The first kappa shape index (κ1) is 9.90. The van der Waals surface area contributed by atoms with E-state index in [1.807, 2.05) is 12.1 Å². The highest BCUT2D eigenvalue weighted by atomic mass is 16.5. The Bertz CT molecular complexity index is 443. The van der Waals surface area contributed by atoms with Crippen LogP contribution in [0.1, 0.15) is 31.2 Å². The van der Waals surface area contributed by atoms with Crippen molar-refractivity contribution in [3.05, 3.63) is 35.7 Å². The molecule has 1 aromatic carbocycles. The number of nitrogens with zero attached hydrogens (tertiary/aromatic N) is 2. The van der Waals surface area contributed by atoms with Gasteiger partial charge in [0, 0.05) is 12.5 Å². The minimum atomic E-state index is 0.547. The first-order valence-corrected chi connectivity index (χ1v) is 5.07. The van der Waals surface area contributed by atoms with Gasteiger partial charge in [0.25, 0.3) is 0 Å². The lowest BCUT2D eigenvalue weighted by atomic mass is 10.0. The van der Waals surface area contributed by atoms with Gasteiger partial charge in [0.15, 0.2) is 0 Å². The molecule has 1 aromatic heterocycles. The van der Waals surface area contributed by atoms with E-state index in [-0.39, 0.29) is 0 Å². The molecule has 0 saturated heterocycles. The second kappa shape index (κ2) is 3.85. The number of aryl methyl sites for hydroxylation is 1. The van der Waals surface area contributed by atoms with Crippen molar-refractivity contribution in [1.82, 2.24) is 10.1 Å². The number of hydrogen-bond acceptors (Lipinski definition) is 3. The molecule has 15 heavy (non-hydrogen) atoms. The van der Waals surface area contributed by atoms with E-state index in [0.717, 1.165) is 5.56 Å². The summed E-state index contributed by atoms with van der Waals surface area (Å²) in [5.41, 5.74) is 2.32. The molecule has 0 atom stereocenters. The summed E-state index contributed by atoms with van der Waals surface area (Å²) in [6.45, 7) is 6.14. The summed E-state index contributed by atoms with van der Waals surface area (Å²) in [5.74, 6) is 1.80. The van der Waals surface area contributed by atoms with E-state index in [2.05, 4.69) is 36.1 Å². The monoisotopic (exact) mass is 202 g/mol. The maximum atomic E-state index is 4.94. The third-order valence-corrected chi connectivity index (χ3v) is 2.36. The first-order valence-electron chi connectivity index (χ1n) is 5.07. The second-order valence-corrected chi connectivity index (χ2v) is 3.91. The highest BCUT2D eigenvalue weighted by Gasteiger charge is 2.05. The second-order valence-electron chi connectivity index (χ2n) is 3.91. The topological polar surface area (TPSA) is 38.9 Å². The predicted octanol–water partition coefficient (Wildman–Crippen LogP) is 3.17. The molecule has 0 spiro atoms. The molecule has 1 heterocycles. The van der Waals surface area contributed by atoms with Crippen LogP contribution in [0.4, 0.5) is 0 Å². The summed E-state index contributed by atoms with van der Waals surface area (Å²) in [6.07, 6.45) is 0. The number of hydrogen-bond donors (Lipinski definition) is 0. The predicted molar refractivity (Wildman–Crippen MR) is 58.6 cm³/mol. The molecule has 3 nitrogen and oxygen atoms in total. The van der Waals surface area contributed by atoms with E-state index in [9.17, 15) is 0 Å². The maximum Gasteiger partial charge on any atom is 0.223 e. The number of rotatable bonds is 2. The van der Waals surface area contributed by atoms with Gasteiger partial charge in [0.1, 0.15) is 0 Å². The van der Waals surface area contributed by atoms with E-state index < -0.39 is 0 Å². The quantitative estimate of drug-likeness (QED) is 0.750. The maximum absolute atomic E-state index is 4.94. The van der Waals surface area contributed by atoms with Gasteiger partial charge < -0.3 is 4.52 Å². The lowest BCUT2D eigenvalue weighted by Gasteiger charge is -2.04. The molecule has 0 aliphatic carbocycles. The van der Waals surface area contributed by atoms with Crippen molar-refractivity contribution in [3.8, 4) is 11.4 Å². The Hall–Kier alpha value is -1.64. The van der Waals surface area contributed by atoms with Gasteiger partial charge >= 0.3 is 0 Å². The molecule has 0 radical (unpaired) electrons. The van der Waals surface area contributed by atoms with Crippen LogP contribution in [0.2, 0.25) is 0 Å². The van der Waals surface area contributed by atoms with Gasteiger partial charge in [-0.3, -0.25) is 0 Å². The van der Waals surface area contributed by atoms with Crippen molar-refractivity contribution in [1.29, 1.82) is 0 Å². The molecule has 0 bridgehead atoms. The molecule has 78 valence electrons. The third-order valence-electron chi connectivity index (χ3n) is 2.36. The summed E-state index contributed by atoms with van der Waals surface area (Å²) in [6, 6.07) is 8.26. The van der Waals surface area contributed by atoms with Gasteiger partial charge in [-0.05, 0) is 11.5 Å². The summed E-state index contributed by atoms with van der Waals surface area (Å²) in [5, 5.41) is 3.87. The van der Waals surface area contributed by atoms with Crippen molar-refractivity contribution in [2.75, 3.05) is 0 Å². The smallest absolute Gasteiger partial charge is 0.223 e. The molecule has 0 aliphatic rings.